The number of anilines is 1. The van der Waals surface area contributed by atoms with Gasteiger partial charge < -0.3 is 20.1 Å². The topological polar surface area (TPSA) is 125 Å². The Morgan fingerprint density at radius 2 is 1.89 bits per heavy atom. The summed E-state index contributed by atoms with van der Waals surface area (Å²) in [5.41, 5.74) is 0.738. The Bertz CT molecular complexity index is 1410. The van der Waals surface area contributed by atoms with Gasteiger partial charge in [-0.1, -0.05) is 24.3 Å². The van der Waals surface area contributed by atoms with Gasteiger partial charge in [-0.3, -0.25) is 19.7 Å². The molecule has 10 heteroatoms. The Morgan fingerprint density at radius 1 is 1.14 bits per heavy atom. The number of benzene rings is 2. The fraction of sp³-hybridized carbons (Fsp3) is 0.333. The third-order valence-corrected chi connectivity index (χ3v) is 7.93. The Morgan fingerprint density at radius 3 is 2.62 bits per heavy atom. The standard InChI is InChI=1S/C27H27N3O6S/c1-2-28-26(35)29-24-23(17-5-3-4-6-21(17)37-24)25(34)30-11-9-27(10-12-30)15-19(31)18-13-16(14-22(32)33)7-8-20(18)36-27/h3-8,13H,2,9-12,14-15H2,1H3,(H,32,33)(H2,28,29,35). The molecule has 1 spiro atoms. The molecule has 0 bridgehead atoms. The zero-order valence-corrected chi connectivity index (χ0v) is 21.2. The van der Waals surface area contributed by atoms with Crippen molar-refractivity contribution in [1.82, 2.24) is 10.2 Å². The van der Waals surface area contributed by atoms with Crippen LogP contribution in [-0.2, 0) is 11.2 Å². The van der Waals surface area contributed by atoms with Gasteiger partial charge in [0.15, 0.2) is 5.78 Å². The van der Waals surface area contributed by atoms with Gasteiger partial charge in [0, 0.05) is 42.6 Å². The number of nitrogens with one attached hydrogen (secondary N) is 2. The number of likely N-dealkylation sites (tertiary alicyclic amines) is 1. The second-order valence-electron chi connectivity index (χ2n) is 9.37. The van der Waals surface area contributed by atoms with E-state index < -0.39 is 11.6 Å². The van der Waals surface area contributed by atoms with Crippen molar-refractivity contribution in [2.75, 3.05) is 25.0 Å². The first-order valence-corrected chi connectivity index (χ1v) is 13.0. The molecule has 2 aliphatic rings. The third kappa shape index (κ3) is 4.89. The van der Waals surface area contributed by atoms with Gasteiger partial charge in [-0.2, -0.15) is 0 Å². The quantitative estimate of drug-likeness (QED) is 0.460. The molecule has 3 amide bonds. The number of ether oxygens (including phenoxy) is 1. The van der Waals surface area contributed by atoms with E-state index in [1.54, 1.807) is 23.1 Å². The average Bonchev–Trinajstić information content (AvgIpc) is 3.22. The van der Waals surface area contributed by atoms with Gasteiger partial charge in [-0.15, -0.1) is 11.3 Å². The van der Waals surface area contributed by atoms with Crippen LogP contribution in [0.1, 0.15) is 52.5 Å². The molecule has 0 unspecified atom stereocenters. The van der Waals surface area contributed by atoms with Gasteiger partial charge in [0.1, 0.15) is 16.4 Å². The van der Waals surface area contributed by atoms with Crippen molar-refractivity contribution in [3.63, 3.8) is 0 Å². The average molecular weight is 522 g/mol. The van der Waals surface area contributed by atoms with Crippen LogP contribution in [0.3, 0.4) is 0 Å². The third-order valence-electron chi connectivity index (χ3n) is 6.84. The molecule has 1 aromatic heterocycles. The summed E-state index contributed by atoms with van der Waals surface area (Å²) in [4.78, 5) is 51.7. The highest BCUT2D eigenvalue weighted by atomic mass is 32.1. The van der Waals surface area contributed by atoms with Gasteiger partial charge in [-0.05, 0) is 30.7 Å². The summed E-state index contributed by atoms with van der Waals surface area (Å²) in [6.45, 7) is 3.11. The number of Topliss-reactive ketones (excluding diaryl/α,β-unsaturated/α-hetero) is 1. The van der Waals surface area contributed by atoms with E-state index in [-0.39, 0.29) is 30.6 Å². The number of amides is 3. The number of hydrogen-bond acceptors (Lipinski definition) is 6. The number of fused-ring (bicyclic) bond motifs is 2. The van der Waals surface area contributed by atoms with Crippen molar-refractivity contribution in [3.8, 4) is 5.75 Å². The van der Waals surface area contributed by atoms with Gasteiger partial charge in [0.05, 0.1) is 24.0 Å². The predicted octanol–water partition coefficient (Wildman–Crippen LogP) is 4.31. The smallest absolute Gasteiger partial charge is 0.319 e. The Hall–Kier alpha value is -3.92. The first kappa shape index (κ1) is 24.8. The highest BCUT2D eigenvalue weighted by molar-refractivity contribution is 7.23. The molecular formula is C27H27N3O6S. The van der Waals surface area contributed by atoms with Crippen LogP contribution in [0.5, 0.6) is 5.75 Å². The normalized spacial score (nSPS) is 16.2. The zero-order valence-electron chi connectivity index (χ0n) is 20.3. The minimum atomic E-state index is -0.958. The minimum Gasteiger partial charge on any atom is -0.486 e. The van der Waals surface area contributed by atoms with E-state index in [1.165, 1.54) is 11.3 Å². The highest BCUT2D eigenvalue weighted by Gasteiger charge is 2.44. The summed E-state index contributed by atoms with van der Waals surface area (Å²) in [6, 6.07) is 12.1. The van der Waals surface area contributed by atoms with E-state index in [4.69, 9.17) is 9.84 Å². The lowest BCUT2D eigenvalue weighted by molar-refractivity contribution is -0.136. The molecule has 0 atom stereocenters. The predicted molar refractivity (Wildman–Crippen MR) is 140 cm³/mol. The molecule has 2 aromatic carbocycles. The van der Waals surface area contributed by atoms with Crippen molar-refractivity contribution < 1.29 is 29.0 Å². The summed E-state index contributed by atoms with van der Waals surface area (Å²) in [5, 5.41) is 15.9. The molecule has 0 aliphatic carbocycles. The number of ketones is 1. The lowest BCUT2D eigenvalue weighted by Crippen LogP contribution is -2.52. The van der Waals surface area contributed by atoms with Crippen LogP contribution >= 0.6 is 11.3 Å². The van der Waals surface area contributed by atoms with Crippen LogP contribution in [0, 0.1) is 0 Å². The van der Waals surface area contributed by atoms with Crippen molar-refractivity contribution in [3.05, 3.63) is 59.2 Å². The second-order valence-corrected chi connectivity index (χ2v) is 10.4. The molecule has 1 fully saturated rings. The maximum atomic E-state index is 13.7. The first-order chi connectivity index (χ1) is 17.8. The number of nitrogens with zero attached hydrogens (tertiary/aromatic N) is 1. The van der Waals surface area contributed by atoms with Gasteiger partial charge in [0.2, 0.25) is 0 Å². The first-order valence-electron chi connectivity index (χ1n) is 12.2. The summed E-state index contributed by atoms with van der Waals surface area (Å²) in [7, 11) is 0. The summed E-state index contributed by atoms with van der Waals surface area (Å²) in [6.07, 6.45) is 1.00. The van der Waals surface area contributed by atoms with Gasteiger partial charge in [0.25, 0.3) is 5.91 Å². The van der Waals surface area contributed by atoms with Crippen LogP contribution < -0.4 is 15.4 Å². The van der Waals surface area contributed by atoms with Crippen molar-refractivity contribution in [2.45, 2.75) is 38.2 Å². The molecule has 1 saturated heterocycles. The van der Waals surface area contributed by atoms with E-state index >= 15 is 0 Å². The number of rotatable bonds is 5. The molecule has 0 radical (unpaired) electrons. The number of thiophene rings is 1. The number of aliphatic carboxylic acids is 1. The van der Waals surface area contributed by atoms with E-state index in [2.05, 4.69) is 10.6 Å². The number of piperidine rings is 1. The molecule has 0 saturated carbocycles. The molecule has 192 valence electrons. The zero-order chi connectivity index (χ0) is 26.2. The van der Waals surface area contributed by atoms with Crippen LogP contribution in [0.2, 0.25) is 0 Å². The Kier molecular flexibility index (Phi) is 6.59. The van der Waals surface area contributed by atoms with Gasteiger partial charge in [-0.25, -0.2) is 4.79 Å². The molecule has 3 aromatic rings. The fourth-order valence-corrected chi connectivity index (χ4v) is 6.12. The molecule has 3 heterocycles. The number of carboxylic acids is 1. The highest BCUT2D eigenvalue weighted by Crippen LogP contribution is 2.41. The number of urea groups is 1. The van der Waals surface area contributed by atoms with E-state index in [0.29, 0.717) is 59.9 Å². The van der Waals surface area contributed by atoms with E-state index in [1.807, 2.05) is 31.2 Å². The largest absolute Gasteiger partial charge is 0.486 e. The number of carbonyl (C=O) groups excluding carboxylic acids is 3. The molecular weight excluding hydrogens is 494 g/mol. The van der Waals surface area contributed by atoms with Crippen LogP contribution in [0.25, 0.3) is 10.1 Å². The maximum Gasteiger partial charge on any atom is 0.319 e. The number of carbonyl (C=O) groups is 4. The monoisotopic (exact) mass is 521 g/mol. The Labute approximate surface area is 217 Å². The second kappa shape index (κ2) is 9.85. The number of carboxylic acid groups (broad SMARTS) is 1. The molecule has 9 nitrogen and oxygen atoms in total. The van der Waals surface area contributed by atoms with Gasteiger partial charge >= 0.3 is 12.0 Å². The minimum absolute atomic E-state index is 0.0782. The molecule has 3 N–H and O–H groups in total. The van der Waals surface area contributed by atoms with Crippen LogP contribution in [-0.4, -0.2) is 58.9 Å². The van der Waals surface area contributed by atoms with Crippen LogP contribution in [0.15, 0.2) is 42.5 Å². The van der Waals surface area contributed by atoms with Crippen molar-refractivity contribution >= 4 is 50.1 Å². The molecule has 5 rings (SSSR count). The van der Waals surface area contributed by atoms with E-state index in [0.717, 1.165) is 10.1 Å². The van der Waals surface area contributed by atoms with Crippen LogP contribution in [0.4, 0.5) is 9.80 Å². The maximum absolute atomic E-state index is 13.7. The van der Waals surface area contributed by atoms with Crippen molar-refractivity contribution in [1.29, 1.82) is 0 Å². The fourth-order valence-electron chi connectivity index (χ4n) is 5.03. The van der Waals surface area contributed by atoms with Crippen molar-refractivity contribution in [2.24, 2.45) is 0 Å². The van der Waals surface area contributed by atoms with E-state index in [9.17, 15) is 19.2 Å². The molecule has 37 heavy (non-hydrogen) atoms. The summed E-state index contributed by atoms with van der Waals surface area (Å²) in [5.74, 6) is -0.742. The number of hydrogen-bond donors (Lipinski definition) is 3. The lowest BCUT2D eigenvalue weighted by atomic mass is 9.82. The lowest BCUT2D eigenvalue weighted by Gasteiger charge is -2.44. The Balaban J connectivity index is 1.34. The SMILES string of the molecule is CCNC(=O)Nc1sc2ccccc2c1C(=O)N1CCC2(CC1)CC(=O)c1cc(CC(=O)O)ccc1O2. The summed E-state index contributed by atoms with van der Waals surface area (Å²) < 4.78 is 7.22. The summed E-state index contributed by atoms with van der Waals surface area (Å²) >= 11 is 1.36. The molecule has 2 aliphatic heterocycles.